The maximum absolute atomic E-state index is 11.8. The Bertz CT molecular complexity index is 1040. The van der Waals surface area contributed by atoms with Gasteiger partial charge in [-0.2, -0.15) is 0 Å². The minimum absolute atomic E-state index is 0.0442. The Morgan fingerprint density at radius 1 is 1.19 bits per heavy atom. The molecular formula is C21H22N4O2. The van der Waals surface area contributed by atoms with E-state index in [0.717, 1.165) is 58.9 Å². The number of benzene rings is 1. The van der Waals surface area contributed by atoms with Crippen molar-refractivity contribution in [3.05, 3.63) is 35.8 Å². The zero-order valence-corrected chi connectivity index (χ0v) is 15.4. The fourth-order valence-corrected chi connectivity index (χ4v) is 3.70. The summed E-state index contributed by atoms with van der Waals surface area (Å²) < 4.78 is 5.51. The van der Waals surface area contributed by atoms with Gasteiger partial charge in [-0.05, 0) is 31.7 Å². The summed E-state index contributed by atoms with van der Waals surface area (Å²) in [5, 5.41) is 1.99. The third kappa shape index (κ3) is 3.14. The Kier molecular flexibility index (Phi) is 4.01. The van der Waals surface area contributed by atoms with Crippen molar-refractivity contribution in [3.63, 3.8) is 0 Å². The topological polar surface area (TPSA) is 68.2 Å². The molecule has 0 bridgehead atoms. The maximum Gasteiger partial charge on any atom is 0.159 e. The Balaban J connectivity index is 1.72. The summed E-state index contributed by atoms with van der Waals surface area (Å²) >= 11 is 0. The third-order valence-electron chi connectivity index (χ3n) is 5.45. The van der Waals surface area contributed by atoms with Crippen LogP contribution >= 0.6 is 0 Å². The van der Waals surface area contributed by atoms with Gasteiger partial charge in [0.15, 0.2) is 11.6 Å². The number of aromatic nitrogens is 3. The molecule has 6 heteroatoms. The van der Waals surface area contributed by atoms with Crippen LogP contribution in [0.25, 0.3) is 21.8 Å². The number of pyridine rings is 1. The van der Waals surface area contributed by atoms with Gasteiger partial charge < -0.3 is 9.64 Å². The number of hydrogen-bond acceptors (Lipinski definition) is 6. The molecule has 1 aliphatic heterocycles. The molecule has 3 heterocycles. The molecule has 0 N–H and O–H groups in total. The number of carbonyl (C=O) groups excluding carboxylic acids is 1. The highest BCUT2D eigenvalue weighted by Crippen LogP contribution is 2.34. The van der Waals surface area contributed by atoms with Gasteiger partial charge in [0.1, 0.15) is 11.3 Å². The van der Waals surface area contributed by atoms with E-state index in [0.29, 0.717) is 18.8 Å². The van der Waals surface area contributed by atoms with Crippen molar-refractivity contribution in [3.8, 4) is 0 Å². The van der Waals surface area contributed by atoms with Crippen molar-refractivity contribution in [2.24, 2.45) is 5.92 Å². The second-order valence-electron chi connectivity index (χ2n) is 7.52. The van der Waals surface area contributed by atoms with Crippen LogP contribution < -0.4 is 4.90 Å². The lowest BCUT2D eigenvalue weighted by atomic mass is 10.1. The average Bonchev–Trinajstić information content (AvgIpc) is 3.51. The second kappa shape index (κ2) is 6.53. The summed E-state index contributed by atoms with van der Waals surface area (Å²) in [6.45, 7) is 4.55. The molecule has 3 aromatic rings. The summed E-state index contributed by atoms with van der Waals surface area (Å²) in [5.41, 5.74) is 2.40. The van der Waals surface area contributed by atoms with Crippen molar-refractivity contribution in [1.82, 2.24) is 15.0 Å². The van der Waals surface area contributed by atoms with Gasteiger partial charge in [0.25, 0.3) is 0 Å². The second-order valence-corrected chi connectivity index (χ2v) is 7.52. The van der Waals surface area contributed by atoms with Gasteiger partial charge in [-0.15, -0.1) is 0 Å². The Morgan fingerprint density at radius 3 is 2.74 bits per heavy atom. The number of fused-ring (bicyclic) bond motifs is 3. The molecule has 1 saturated heterocycles. The van der Waals surface area contributed by atoms with E-state index < -0.39 is 0 Å². The summed E-state index contributed by atoms with van der Waals surface area (Å²) in [7, 11) is 0. The molecule has 27 heavy (non-hydrogen) atoms. The monoisotopic (exact) mass is 362 g/mol. The molecule has 2 aromatic heterocycles. The Morgan fingerprint density at radius 2 is 2.00 bits per heavy atom. The van der Waals surface area contributed by atoms with Crippen molar-refractivity contribution in [2.75, 3.05) is 31.2 Å². The molecular weight excluding hydrogens is 340 g/mol. The normalized spacial score (nSPS) is 17.6. The number of hydrogen-bond donors (Lipinski definition) is 0. The van der Waals surface area contributed by atoms with E-state index in [1.165, 1.54) is 12.8 Å². The third-order valence-corrected chi connectivity index (χ3v) is 5.45. The van der Waals surface area contributed by atoms with Gasteiger partial charge in [0.2, 0.25) is 0 Å². The molecule has 0 amide bonds. The van der Waals surface area contributed by atoms with Crippen molar-refractivity contribution in [2.45, 2.75) is 26.2 Å². The molecule has 0 spiro atoms. The maximum atomic E-state index is 11.8. The predicted octanol–water partition coefficient (Wildman–Crippen LogP) is 3.17. The molecule has 2 fully saturated rings. The molecule has 6 nitrogen and oxygen atoms in total. The van der Waals surface area contributed by atoms with E-state index in [9.17, 15) is 4.79 Å². The SMILES string of the molecule is CC(=O)c1ccc2c(c1)nc(N1CCOCC1)c1nc(CC3CC3)ncc12. The number of anilines is 1. The van der Waals surface area contributed by atoms with Crippen LogP contribution in [0.1, 0.15) is 35.9 Å². The minimum atomic E-state index is 0.0442. The number of ketones is 1. The highest BCUT2D eigenvalue weighted by Gasteiger charge is 2.24. The molecule has 0 radical (unpaired) electrons. The molecule has 1 saturated carbocycles. The van der Waals surface area contributed by atoms with Crippen LogP contribution in [0.3, 0.4) is 0 Å². The molecule has 138 valence electrons. The fraction of sp³-hybridized carbons (Fsp3) is 0.429. The van der Waals surface area contributed by atoms with Crippen LogP contribution in [0.2, 0.25) is 0 Å². The number of carbonyl (C=O) groups is 1. The first-order valence-corrected chi connectivity index (χ1v) is 9.62. The zero-order chi connectivity index (χ0) is 18.4. The molecule has 1 aliphatic carbocycles. The van der Waals surface area contributed by atoms with Crippen LogP contribution in [-0.4, -0.2) is 47.0 Å². The first-order chi connectivity index (χ1) is 13.2. The minimum Gasteiger partial charge on any atom is -0.378 e. The Hall–Kier alpha value is -2.60. The number of morpholine rings is 1. The first-order valence-electron chi connectivity index (χ1n) is 9.62. The molecule has 5 rings (SSSR count). The summed E-state index contributed by atoms with van der Waals surface area (Å²) in [4.78, 5) is 28.5. The number of nitrogens with zero attached hydrogens (tertiary/aromatic N) is 4. The largest absolute Gasteiger partial charge is 0.378 e. The standard InChI is InChI=1S/C21H22N4O2/c1-13(26)15-4-5-16-17-12-22-19(10-14-2-3-14)24-20(17)21(23-18(16)11-15)25-6-8-27-9-7-25/h4-5,11-12,14H,2-3,6-10H2,1H3. The van der Waals surface area contributed by atoms with Crippen LogP contribution in [0, 0.1) is 5.92 Å². The molecule has 0 unspecified atom stereocenters. The quantitative estimate of drug-likeness (QED) is 0.525. The number of ether oxygens (including phenoxy) is 1. The van der Waals surface area contributed by atoms with Gasteiger partial charge in [0.05, 0.1) is 18.7 Å². The van der Waals surface area contributed by atoms with Crippen LogP contribution in [-0.2, 0) is 11.2 Å². The van der Waals surface area contributed by atoms with Gasteiger partial charge in [0, 0.05) is 42.0 Å². The summed E-state index contributed by atoms with van der Waals surface area (Å²) in [6.07, 6.45) is 5.43. The van der Waals surface area contributed by atoms with E-state index in [1.807, 2.05) is 24.4 Å². The van der Waals surface area contributed by atoms with E-state index in [-0.39, 0.29) is 5.78 Å². The lowest BCUT2D eigenvalue weighted by Crippen LogP contribution is -2.37. The zero-order valence-electron chi connectivity index (χ0n) is 15.4. The molecule has 1 aromatic carbocycles. The van der Waals surface area contributed by atoms with Gasteiger partial charge in [-0.3, -0.25) is 4.79 Å². The average molecular weight is 362 g/mol. The Labute approximate surface area is 157 Å². The summed E-state index contributed by atoms with van der Waals surface area (Å²) in [5.74, 6) is 2.56. The lowest BCUT2D eigenvalue weighted by molar-refractivity contribution is 0.101. The van der Waals surface area contributed by atoms with Crippen molar-refractivity contribution >= 4 is 33.4 Å². The summed E-state index contributed by atoms with van der Waals surface area (Å²) in [6, 6.07) is 5.70. The molecule has 0 atom stereocenters. The van der Waals surface area contributed by atoms with Crippen molar-refractivity contribution < 1.29 is 9.53 Å². The van der Waals surface area contributed by atoms with Crippen LogP contribution in [0.4, 0.5) is 5.82 Å². The fourth-order valence-electron chi connectivity index (χ4n) is 3.70. The smallest absolute Gasteiger partial charge is 0.159 e. The number of Topliss-reactive ketones (excluding diaryl/α,β-unsaturated/α-hetero) is 1. The highest BCUT2D eigenvalue weighted by molar-refractivity contribution is 6.10. The van der Waals surface area contributed by atoms with Crippen LogP contribution in [0.15, 0.2) is 24.4 Å². The van der Waals surface area contributed by atoms with E-state index >= 15 is 0 Å². The highest BCUT2D eigenvalue weighted by atomic mass is 16.5. The predicted molar refractivity (Wildman–Crippen MR) is 104 cm³/mol. The first kappa shape index (κ1) is 16.6. The van der Waals surface area contributed by atoms with E-state index in [1.54, 1.807) is 6.92 Å². The van der Waals surface area contributed by atoms with Gasteiger partial charge in [-0.25, -0.2) is 15.0 Å². The van der Waals surface area contributed by atoms with E-state index in [2.05, 4.69) is 9.88 Å². The van der Waals surface area contributed by atoms with Gasteiger partial charge >= 0.3 is 0 Å². The lowest BCUT2D eigenvalue weighted by Gasteiger charge is -2.28. The molecule has 2 aliphatic rings. The number of rotatable bonds is 4. The van der Waals surface area contributed by atoms with Crippen LogP contribution in [0.5, 0.6) is 0 Å². The van der Waals surface area contributed by atoms with E-state index in [4.69, 9.17) is 14.7 Å². The van der Waals surface area contributed by atoms with Crippen molar-refractivity contribution in [1.29, 1.82) is 0 Å². The van der Waals surface area contributed by atoms with Gasteiger partial charge in [-0.1, -0.05) is 12.1 Å².